The van der Waals surface area contributed by atoms with Crippen LogP contribution in [0.1, 0.15) is 6.42 Å². The van der Waals surface area contributed by atoms with Crippen molar-refractivity contribution in [1.82, 2.24) is 9.55 Å². The van der Waals surface area contributed by atoms with Crippen molar-refractivity contribution >= 4 is 43.5 Å². The lowest BCUT2D eigenvalue weighted by molar-refractivity contribution is -0.137. The first-order chi connectivity index (χ1) is 14.2. The van der Waals surface area contributed by atoms with Gasteiger partial charge in [0.05, 0.1) is 18.4 Å². The van der Waals surface area contributed by atoms with E-state index >= 15 is 0 Å². The van der Waals surface area contributed by atoms with Gasteiger partial charge in [-0.15, -0.1) is 0 Å². The monoisotopic (exact) mass is 425 g/mol. The first kappa shape index (κ1) is 19.7. The van der Waals surface area contributed by atoms with Gasteiger partial charge in [-0.05, 0) is 29.8 Å². The Bertz CT molecular complexity index is 1450. The number of carbonyl (C=O) groups is 1. The molecule has 8 nitrogen and oxygen atoms in total. The number of carboxylic acid groups (broad SMARTS) is 1. The van der Waals surface area contributed by atoms with E-state index in [9.17, 15) is 18.0 Å². The number of aryl methyl sites for hydroxylation is 1. The molecule has 30 heavy (non-hydrogen) atoms. The maximum Gasteiger partial charge on any atom is 0.305 e. The fraction of sp³-hybridized carbons (Fsp3) is 0.143. The van der Waals surface area contributed by atoms with Crippen molar-refractivity contribution in [2.45, 2.75) is 13.0 Å². The van der Waals surface area contributed by atoms with E-state index in [1.807, 2.05) is 24.3 Å². The Kier molecular flexibility index (Phi) is 4.83. The molecule has 0 atom stereocenters. The van der Waals surface area contributed by atoms with Gasteiger partial charge < -0.3 is 14.7 Å². The highest BCUT2D eigenvalue weighted by atomic mass is 32.2. The quantitative estimate of drug-likeness (QED) is 0.438. The molecule has 2 heterocycles. The van der Waals surface area contributed by atoms with Gasteiger partial charge in [-0.3, -0.25) is 14.3 Å². The predicted molar refractivity (Wildman–Crippen MR) is 116 cm³/mol. The van der Waals surface area contributed by atoms with Crippen LogP contribution in [0.25, 0.3) is 32.9 Å². The summed E-state index contributed by atoms with van der Waals surface area (Å²) in [5.74, 6) is -0.939. The molecular weight excluding hydrogens is 406 g/mol. The van der Waals surface area contributed by atoms with E-state index in [0.717, 1.165) is 17.2 Å². The number of H-pyrrole nitrogens is 1. The maximum absolute atomic E-state index is 12.6. The van der Waals surface area contributed by atoms with Gasteiger partial charge in [-0.25, -0.2) is 8.42 Å². The van der Waals surface area contributed by atoms with E-state index in [-0.39, 0.29) is 18.5 Å². The van der Waals surface area contributed by atoms with Crippen molar-refractivity contribution in [2.75, 3.05) is 11.0 Å². The lowest BCUT2D eigenvalue weighted by atomic mass is 10.0. The molecule has 2 aromatic carbocycles. The fourth-order valence-corrected chi connectivity index (χ4v) is 4.17. The summed E-state index contributed by atoms with van der Waals surface area (Å²) >= 11 is 0. The molecular formula is C21H19N3O5S. The normalized spacial score (nSPS) is 11.8. The van der Waals surface area contributed by atoms with Gasteiger partial charge in [0.25, 0.3) is 5.56 Å². The number of fused-ring (bicyclic) bond motifs is 3. The number of hydrogen-bond donors (Lipinski definition) is 3. The van der Waals surface area contributed by atoms with Gasteiger partial charge in [0.15, 0.2) is 0 Å². The van der Waals surface area contributed by atoms with Gasteiger partial charge >= 0.3 is 5.97 Å². The number of nitrogens with one attached hydrogen (secondary N) is 2. The molecule has 0 saturated heterocycles. The van der Waals surface area contributed by atoms with Crippen molar-refractivity contribution in [2.24, 2.45) is 0 Å². The third kappa shape index (κ3) is 3.79. The number of hydrogen-bond acceptors (Lipinski definition) is 4. The summed E-state index contributed by atoms with van der Waals surface area (Å²) in [5.41, 5.74) is 2.69. The topological polar surface area (TPSA) is 121 Å². The highest BCUT2D eigenvalue weighted by molar-refractivity contribution is 7.92. The number of anilines is 1. The van der Waals surface area contributed by atoms with Crippen LogP contribution in [0.5, 0.6) is 0 Å². The van der Waals surface area contributed by atoms with Crippen molar-refractivity contribution < 1.29 is 18.3 Å². The van der Waals surface area contributed by atoms with E-state index in [1.54, 1.807) is 35.0 Å². The molecule has 0 saturated carbocycles. The highest BCUT2D eigenvalue weighted by Gasteiger charge is 2.14. The van der Waals surface area contributed by atoms with Crippen molar-refractivity contribution in [3.05, 3.63) is 65.1 Å². The third-order valence-corrected chi connectivity index (χ3v) is 5.43. The predicted octanol–water partition coefficient (Wildman–Crippen LogP) is 3.00. The molecule has 0 aliphatic heterocycles. The summed E-state index contributed by atoms with van der Waals surface area (Å²) in [6, 6.07) is 14.3. The van der Waals surface area contributed by atoms with Crippen LogP contribution >= 0.6 is 0 Å². The van der Waals surface area contributed by atoms with Gasteiger partial charge in [0.1, 0.15) is 5.52 Å². The van der Waals surface area contributed by atoms with Gasteiger partial charge in [0.2, 0.25) is 10.0 Å². The minimum absolute atomic E-state index is 0.0914. The maximum atomic E-state index is 12.6. The van der Waals surface area contributed by atoms with E-state index in [0.29, 0.717) is 27.7 Å². The summed E-state index contributed by atoms with van der Waals surface area (Å²) in [6.07, 6.45) is 2.71. The molecule has 4 rings (SSSR count). The van der Waals surface area contributed by atoms with Gasteiger partial charge in [-0.2, -0.15) is 0 Å². The molecule has 0 radical (unpaired) electrons. The zero-order valence-electron chi connectivity index (χ0n) is 16.0. The standard InChI is InChI=1S/C21H19N3O5S/c1-30(28,29)23-18-5-3-2-4-14(18)13-6-7-17-16(12-13)15-8-10-24(11-9-19(25)26)20(15)21(27)22-17/h2-8,10,12,23H,9,11H2,1H3,(H,22,27)(H,25,26). The second-order valence-corrected chi connectivity index (χ2v) is 8.80. The molecule has 4 aromatic rings. The average Bonchev–Trinajstić information content (AvgIpc) is 3.10. The number of para-hydroxylation sites is 1. The van der Waals surface area contributed by atoms with E-state index < -0.39 is 16.0 Å². The lowest BCUT2D eigenvalue weighted by Gasteiger charge is -2.12. The number of rotatable bonds is 6. The van der Waals surface area contributed by atoms with Crippen LogP contribution in [-0.4, -0.2) is 35.3 Å². The number of aromatic nitrogens is 2. The van der Waals surface area contributed by atoms with Crippen LogP contribution in [-0.2, 0) is 21.4 Å². The Hall–Kier alpha value is -3.59. The number of benzene rings is 2. The second-order valence-electron chi connectivity index (χ2n) is 7.05. The van der Waals surface area contributed by atoms with Crippen molar-refractivity contribution in [3.63, 3.8) is 0 Å². The summed E-state index contributed by atoms with van der Waals surface area (Å²) in [4.78, 5) is 26.3. The molecule has 0 aliphatic rings. The van der Waals surface area contributed by atoms with E-state index in [1.165, 1.54) is 0 Å². The number of aromatic amines is 1. The molecule has 9 heteroatoms. The van der Waals surface area contributed by atoms with Crippen LogP contribution < -0.4 is 10.3 Å². The minimum Gasteiger partial charge on any atom is -0.481 e. The largest absolute Gasteiger partial charge is 0.481 e. The molecule has 3 N–H and O–H groups in total. The molecule has 154 valence electrons. The van der Waals surface area contributed by atoms with Crippen LogP contribution in [0.2, 0.25) is 0 Å². The summed E-state index contributed by atoms with van der Waals surface area (Å²) in [5, 5.41) is 10.4. The summed E-state index contributed by atoms with van der Waals surface area (Å²) in [6.45, 7) is 0.189. The van der Waals surface area contributed by atoms with Crippen molar-refractivity contribution in [3.8, 4) is 11.1 Å². The zero-order valence-corrected chi connectivity index (χ0v) is 16.9. The molecule has 0 spiro atoms. The van der Waals surface area contributed by atoms with Gasteiger partial charge in [-0.1, -0.05) is 24.3 Å². The molecule has 0 fully saturated rings. The molecule has 2 aromatic heterocycles. The molecule has 0 aliphatic carbocycles. The van der Waals surface area contributed by atoms with E-state index in [4.69, 9.17) is 5.11 Å². The first-order valence-electron chi connectivity index (χ1n) is 9.17. The smallest absolute Gasteiger partial charge is 0.305 e. The molecule has 0 bridgehead atoms. The Balaban J connectivity index is 1.89. The lowest BCUT2D eigenvalue weighted by Crippen LogP contribution is -2.12. The fourth-order valence-electron chi connectivity index (χ4n) is 3.59. The van der Waals surface area contributed by atoms with E-state index in [2.05, 4.69) is 9.71 Å². The zero-order chi connectivity index (χ0) is 21.5. The number of nitrogens with zero attached hydrogens (tertiary/aromatic N) is 1. The van der Waals surface area contributed by atoms with Crippen LogP contribution in [0, 0.1) is 0 Å². The first-order valence-corrected chi connectivity index (χ1v) is 11.1. The van der Waals surface area contributed by atoms with Crippen LogP contribution in [0.3, 0.4) is 0 Å². The Morgan fingerprint density at radius 1 is 1.13 bits per heavy atom. The SMILES string of the molecule is CS(=O)(=O)Nc1ccccc1-c1ccc2[nH]c(=O)c3c(ccn3CCC(=O)O)c2c1. The van der Waals surface area contributed by atoms with Gasteiger partial charge in [0, 0.05) is 34.6 Å². The summed E-state index contributed by atoms with van der Waals surface area (Å²) < 4.78 is 27.6. The number of sulfonamides is 1. The Labute approximate surface area is 171 Å². The molecule has 0 amide bonds. The minimum atomic E-state index is -3.45. The number of aliphatic carboxylic acids is 1. The van der Waals surface area contributed by atoms with Crippen LogP contribution in [0.15, 0.2) is 59.5 Å². The van der Waals surface area contributed by atoms with Crippen LogP contribution in [0.4, 0.5) is 5.69 Å². The average molecular weight is 425 g/mol. The number of pyridine rings is 1. The second kappa shape index (κ2) is 7.34. The molecule has 0 unspecified atom stereocenters. The third-order valence-electron chi connectivity index (χ3n) is 4.84. The Morgan fingerprint density at radius 2 is 1.90 bits per heavy atom. The number of carboxylic acids is 1. The Morgan fingerprint density at radius 3 is 2.63 bits per heavy atom. The van der Waals surface area contributed by atoms with Crippen molar-refractivity contribution in [1.29, 1.82) is 0 Å². The summed E-state index contributed by atoms with van der Waals surface area (Å²) in [7, 11) is -3.45. The highest BCUT2D eigenvalue weighted by Crippen LogP contribution is 2.32.